The fraction of sp³-hybridized carbons (Fsp3) is 0.765. The molecule has 0 rings (SSSR count). The molecular formula is C17H28N8O8S4. The van der Waals surface area contributed by atoms with Crippen molar-refractivity contribution in [2.45, 2.75) is 54.1 Å². The highest BCUT2D eigenvalue weighted by molar-refractivity contribution is 8.10. The molecule has 0 bridgehead atoms. The fourth-order valence-corrected chi connectivity index (χ4v) is 10.8. The van der Waals surface area contributed by atoms with Gasteiger partial charge in [-0.05, 0) is 13.8 Å². The van der Waals surface area contributed by atoms with Gasteiger partial charge < -0.3 is 0 Å². The standard InChI is InChI=1S/C17H28N8O8S4/c1-16(34(26,27)22-11-3-7-18,35(28,29)23-12-4-8-19)15-17(2,36(30,31)24-13-5-9-20)37(32,33)25-14-6-10-21/h22-25H,3-6,11-15H2,1-2H3. The fourth-order valence-electron chi connectivity index (χ4n) is 2.83. The van der Waals surface area contributed by atoms with E-state index in [1.54, 1.807) is 24.3 Å². The first-order valence-electron chi connectivity index (χ1n) is 10.4. The summed E-state index contributed by atoms with van der Waals surface area (Å²) in [4.78, 5) is 0. The Balaban J connectivity index is 7.15. The molecule has 0 saturated heterocycles. The van der Waals surface area contributed by atoms with Crippen molar-refractivity contribution in [3.63, 3.8) is 0 Å². The summed E-state index contributed by atoms with van der Waals surface area (Å²) < 4.78 is 107. The maximum Gasteiger partial charge on any atom is 0.233 e. The van der Waals surface area contributed by atoms with Crippen molar-refractivity contribution in [1.82, 2.24) is 18.9 Å². The molecule has 37 heavy (non-hydrogen) atoms. The Labute approximate surface area is 217 Å². The van der Waals surface area contributed by atoms with Crippen molar-refractivity contribution in [2.75, 3.05) is 26.2 Å². The predicted octanol–water partition coefficient (Wildman–Crippen LogP) is -1.86. The lowest BCUT2D eigenvalue weighted by atomic mass is 10.2. The number of rotatable bonds is 18. The Kier molecular flexibility index (Phi) is 13.0. The third-order valence-corrected chi connectivity index (χ3v) is 15.1. The Bertz CT molecular complexity index is 1190. The summed E-state index contributed by atoms with van der Waals surface area (Å²) in [6, 6.07) is 6.54. The van der Waals surface area contributed by atoms with Crippen LogP contribution in [-0.2, 0) is 40.1 Å². The number of hydrogen-bond donors (Lipinski definition) is 4. The zero-order valence-electron chi connectivity index (χ0n) is 20.1. The maximum atomic E-state index is 13.2. The van der Waals surface area contributed by atoms with E-state index < -0.39 is 107 Å². The van der Waals surface area contributed by atoms with E-state index in [1.165, 1.54) is 0 Å². The quantitative estimate of drug-likeness (QED) is 0.126. The summed E-state index contributed by atoms with van der Waals surface area (Å²) in [5.41, 5.74) is 0. The van der Waals surface area contributed by atoms with Crippen LogP contribution in [0.5, 0.6) is 0 Å². The summed E-state index contributed by atoms with van der Waals surface area (Å²) in [7, 11) is -20.5. The molecule has 16 nitrogen and oxygen atoms in total. The van der Waals surface area contributed by atoms with Crippen molar-refractivity contribution < 1.29 is 33.7 Å². The van der Waals surface area contributed by atoms with Crippen LogP contribution in [0.3, 0.4) is 0 Å². The normalized spacial score (nSPS) is 13.1. The van der Waals surface area contributed by atoms with Crippen molar-refractivity contribution in [3.8, 4) is 24.3 Å². The summed E-state index contributed by atoms with van der Waals surface area (Å²) in [6.45, 7) is -1.11. The van der Waals surface area contributed by atoms with Crippen molar-refractivity contribution in [3.05, 3.63) is 0 Å². The molecule has 0 saturated carbocycles. The van der Waals surface area contributed by atoms with Crippen molar-refractivity contribution in [2.24, 2.45) is 0 Å². The molecule has 0 unspecified atom stereocenters. The molecule has 4 N–H and O–H groups in total. The van der Waals surface area contributed by atoms with Gasteiger partial charge in [-0.3, -0.25) is 0 Å². The van der Waals surface area contributed by atoms with Crippen molar-refractivity contribution in [1.29, 1.82) is 21.0 Å². The van der Waals surface area contributed by atoms with E-state index in [2.05, 4.69) is 0 Å². The first kappa shape index (κ1) is 34.6. The minimum atomic E-state index is -5.12. The second-order valence-corrected chi connectivity index (χ2v) is 17.0. The lowest BCUT2D eigenvalue weighted by Gasteiger charge is -2.37. The molecule has 0 aliphatic heterocycles. The molecule has 0 aromatic rings. The molecular weight excluding hydrogens is 573 g/mol. The van der Waals surface area contributed by atoms with E-state index >= 15 is 0 Å². The highest BCUT2D eigenvalue weighted by Crippen LogP contribution is 2.39. The molecule has 208 valence electrons. The highest BCUT2D eigenvalue weighted by atomic mass is 32.3. The van der Waals surface area contributed by atoms with Crippen LogP contribution in [0.4, 0.5) is 0 Å². The van der Waals surface area contributed by atoms with Crippen LogP contribution in [0.15, 0.2) is 0 Å². The maximum absolute atomic E-state index is 13.2. The third-order valence-electron chi connectivity index (χ3n) is 5.03. The molecule has 0 atom stereocenters. The zero-order valence-corrected chi connectivity index (χ0v) is 23.3. The van der Waals surface area contributed by atoms with E-state index in [4.69, 9.17) is 21.0 Å². The van der Waals surface area contributed by atoms with E-state index in [1.807, 2.05) is 18.9 Å². The van der Waals surface area contributed by atoms with Crippen LogP contribution in [0.25, 0.3) is 0 Å². The average molecular weight is 601 g/mol. The first-order valence-corrected chi connectivity index (χ1v) is 16.3. The first-order chi connectivity index (χ1) is 16.9. The van der Waals surface area contributed by atoms with Crippen LogP contribution < -0.4 is 18.9 Å². The van der Waals surface area contributed by atoms with Gasteiger partial charge in [0.2, 0.25) is 48.3 Å². The monoisotopic (exact) mass is 600 g/mol. The summed E-state index contributed by atoms with van der Waals surface area (Å²) in [6.07, 6.45) is -3.16. The summed E-state index contributed by atoms with van der Waals surface area (Å²) in [5.74, 6) is 0. The van der Waals surface area contributed by atoms with Gasteiger partial charge in [0.1, 0.15) is 0 Å². The second-order valence-electron chi connectivity index (χ2n) is 7.67. The van der Waals surface area contributed by atoms with Gasteiger partial charge in [-0.15, -0.1) is 0 Å². The Morgan fingerprint density at radius 2 is 0.676 bits per heavy atom. The molecule has 0 spiro atoms. The number of nitriles is 4. The minimum absolute atomic E-state index is 0.392. The van der Waals surface area contributed by atoms with Crippen LogP contribution in [0, 0.1) is 45.3 Å². The Morgan fingerprint density at radius 3 is 0.838 bits per heavy atom. The van der Waals surface area contributed by atoms with E-state index in [0.29, 0.717) is 13.8 Å². The van der Waals surface area contributed by atoms with Crippen LogP contribution in [-0.4, -0.2) is 68.0 Å². The molecule has 0 fully saturated rings. The smallest absolute Gasteiger partial charge is 0.213 e. The molecule has 0 radical (unpaired) electrons. The van der Waals surface area contributed by atoms with E-state index in [0.717, 1.165) is 0 Å². The SMILES string of the molecule is CC(CC(C)(S(=O)(=O)NCCC#N)S(=O)(=O)NCCC#N)(S(=O)(=O)NCCC#N)S(=O)(=O)NCCC#N. The van der Waals surface area contributed by atoms with Gasteiger partial charge in [-0.2, -0.15) is 21.0 Å². The number of nitrogens with one attached hydrogen (secondary N) is 4. The van der Waals surface area contributed by atoms with Crippen molar-refractivity contribution >= 4 is 40.1 Å². The van der Waals surface area contributed by atoms with Gasteiger partial charge >= 0.3 is 0 Å². The van der Waals surface area contributed by atoms with E-state index in [-0.39, 0.29) is 0 Å². The van der Waals surface area contributed by atoms with Gasteiger partial charge in [0.25, 0.3) is 0 Å². The van der Waals surface area contributed by atoms with Gasteiger partial charge in [0.05, 0.1) is 24.3 Å². The molecule has 0 aliphatic rings. The van der Waals surface area contributed by atoms with Crippen LogP contribution in [0.2, 0.25) is 0 Å². The summed E-state index contributed by atoms with van der Waals surface area (Å²) in [5, 5.41) is 34.8. The Hall–Kier alpha value is -2.40. The molecule has 0 amide bonds. The number of nitrogens with zero attached hydrogens (tertiary/aromatic N) is 4. The molecule has 0 aromatic carbocycles. The molecule has 20 heteroatoms. The largest absolute Gasteiger partial charge is 0.233 e. The number of hydrogen-bond acceptors (Lipinski definition) is 12. The van der Waals surface area contributed by atoms with E-state index in [9.17, 15) is 33.7 Å². The molecule has 0 aromatic heterocycles. The summed E-state index contributed by atoms with van der Waals surface area (Å²) >= 11 is 0. The molecule has 0 aliphatic carbocycles. The van der Waals surface area contributed by atoms with Crippen LogP contribution >= 0.6 is 0 Å². The predicted molar refractivity (Wildman–Crippen MR) is 130 cm³/mol. The lowest BCUT2D eigenvalue weighted by Crippen LogP contribution is -2.63. The van der Waals surface area contributed by atoms with Gasteiger partial charge in [0.15, 0.2) is 0 Å². The Morgan fingerprint density at radius 1 is 0.486 bits per heavy atom. The number of sulfonamides is 4. The molecule has 0 heterocycles. The highest BCUT2D eigenvalue weighted by Gasteiger charge is 2.62. The minimum Gasteiger partial charge on any atom is -0.213 e. The third kappa shape index (κ3) is 8.29. The van der Waals surface area contributed by atoms with Gasteiger partial charge in [-0.1, -0.05) is 0 Å². The average Bonchev–Trinajstić information content (AvgIpc) is 2.78. The van der Waals surface area contributed by atoms with Crippen LogP contribution in [0.1, 0.15) is 46.0 Å². The zero-order chi connectivity index (χ0) is 29.0. The lowest BCUT2D eigenvalue weighted by molar-refractivity contribution is 0.485. The van der Waals surface area contributed by atoms with Gasteiger partial charge in [-0.25, -0.2) is 52.6 Å². The topological polar surface area (TPSA) is 280 Å². The van der Waals surface area contributed by atoms with Gasteiger partial charge in [0, 0.05) is 58.3 Å². The second kappa shape index (κ2) is 13.9.